The van der Waals surface area contributed by atoms with Crippen LogP contribution in [0.5, 0.6) is 0 Å². The van der Waals surface area contributed by atoms with Crippen LogP contribution in [0.15, 0.2) is 41.4 Å². The normalized spacial score (nSPS) is 19.6. The highest BCUT2D eigenvalue weighted by Gasteiger charge is 2.37. The lowest BCUT2D eigenvalue weighted by Crippen LogP contribution is -2.36. The summed E-state index contributed by atoms with van der Waals surface area (Å²) in [4.78, 5) is 15.3. The van der Waals surface area contributed by atoms with Crippen molar-refractivity contribution in [3.8, 4) is 0 Å². The van der Waals surface area contributed by atoms with Gasteiger partial charge in [0.15, 0.2) is 0 Å². The molecule has 0 spiro atoms. The molecule has 0 aliphatic carbocycles. The summed E-state index contributed by atoms with van der Waals surface area (Å²) in [5.41, 5.74) is 2.81. The van der Waals surface area contributed by atoms with Crippen molar-refractivity contribution in [1.29, 1.82) is 0 Å². The van der Waals surface area contributed by atoms with Crippen LogP contribution in [0.3, 0.4) is 0 Å². The van der Waals surface area contributed by atoms with E-state index < -0.39 is 15.9 Å². The molecule has 3 heterocycles. The zero-order valence-electron chi connectivity index (χ0n) is 18.8. The van der Waals surface area contributed by atoms with E-state index in [4.69, 9.17) is 16.3 Å². The smallest absolute Gasteiger partial charge is 0.245 e. The van der Waals surface area contributed by atoms with E-state index in [9.17, 15) is 13.2 Å². The van der Waals surface area contributed by atoms with Gasteiger partial charge in [-0.3, -0.25) is 9.89 Å². The van der Waals surface area contributed by atoms with E-state index in [1.54, 1.807) is 18.3 Å². The number of sulfonamides is 1. The van der Waals surface area contributed by atoms with Gasteiger partial charge in [-0.2, -0.15) is 9.40 Å². The predicted molar refractivity (Wildman–Crippen MR) is 131 cm³/mol. The van der Waals surface area contributed by atoms with Gasteiger partial charge in [-0.05, 0) is 49.2 Å². The molecule has 5 rings (SSSR count). The minimum Gasteiger partial charge on any atom is -0.378 e. The molecule has 2 saturated heterocycles. The van der Waals surface area contributed by atoms with Gasteiger partial charge < -0.3 is 15.0 Å². The summed E-state index contributed by atoms with van der Waals surface area (Å²) in [5.74, 6) is -0.668. The minimum atomic E-state index is -3.78. The summed E-state index contributed by atoms with van der Waals surface area (Å²) < 4.78 is 33.5. The maximum Gasteiger partial charge on any atom is 0.245 e. The first-order valence-electron chi connectivity index (χ1n) is 11.2. The molecule has 34 heavy (non-hydrogen) atoms. The molecule has 180 valence electrons. The highest BCUT2D eigenvalue weighted by molar-refractivity contribution is 7.89. The second-order valence-electron chi connectivity index (χ2n) is 8.70. The van der Waals surface area contributed by atoms with Crippen LogP contribution in [0.4, 0.5) is 11.4 Å². The molecule has 1 amide bonds. The van der Waals surface area contributed by atoms with Gasteiger partial charge in [0.05, 0.1) is 41.6 Å². The number of aromatic amines is 1. The number of hydrogen-bond acceptors (Lipinski definition) is 6. The standard InChI is InChI=1S/C23H26ClN5O4S/c1-15-10-17-13-25-27-22(17)21(11-15)34(31,32)29-5-4-16(14-29)23(30)26-18-2-3-20(19(24)12-18)28-6-8-33-9-7-28/h2-3,10-13,16H,4-9,14H2,1H3,(H,25,27)(H,26,30)/t16-/m1/s1. The van der Waals surface area contributed by atoms with Crippen molar-refractivity contribution < 1.29 is 17.9 Å². The van der Waals surface area contributed by atoms with Crippen molar-refractivity contribution in [2.45, 2.75) is 18.2 Å². The molecule has 1 atom stereocenters. The molecular formula is C23H26ClN5O4S. The molecule has 3 aromatic rings. The Morgan fingerprint density at radius 2 is 2.00 bits per heavy atom. The largest absolute Gasteiger partial charge is 0.378 e. The van der Waals surface area contributed by atoms with Gasteiger partial charge in [-0.1, -0.05) is 11.6 Å². The van der Waals surface area contributed by atoms with Gasteiger partial charge in [-0.25, -0.2) is 8.42 Å². The molecule has 11 heteroatoms. The van der Waals surface area contributed by atoms with Crippen LogP contribution in [0.1, 0.15) is 12.0 Å². The molecule has 2 N–H and O–H groups in total. The van der Waals surface area contributed by atoms with E-state index in [0.717, 1.165) is 29.7 Å². The fourth-order valence-corrected chi connectivity index (χ4v) is 6.62. The Bertz CT molecular complexity index is 1340. The number of anilines is 2. The Morgan fingerprint density at radius 1 is 1.21 bits per heavy atom. The molecule has 1 aromatic heterocycles. The number of nitrogens with one attached hydrogen (secondary N) is 2. The van der Waals surface area contributed by atoms with Crippen molar-refractivity contribution in [2.75, 3.05) is 49.6 Å². The van der Waals surface area contributed by atoms with Crippen LogP contribution in [0.2, 0.25) is 5.02 Å². The number of carbonyl (C=O) groups excluding carboxylic acids is 1. The fraction of sp³-hybridized carbons (Fsp3) is 0.391. The second kappa shape index (κ2) is 9.18. The van der Waals surface area contributed by atoms with E-state index in [1.165, 1.54) is 4.31 Å². The van der Waals surface area contributed by atoms with Crippen molar-refractivity contribution in [1.82, 2.24) is 14.5 Å². The summed E-state index contributed by atoms with van der Waals surface area (Å²) >= 11 is 6.48. The van der Waals surface area contributed by atoms with Crippen LogP contribution >= 0.6 is 11.6 Å². The number of hydrogen-bond donors (Lipinski definition) is 2. The Balaban J connectivity index is 1.28. The second-order valence-corrected chi connectivity index (χ2v) is 11.0. The average Bonchev–Trinajstić information content (AvgIpc) is 3.49. The van der Waals surface area contributed by atoms with E-state index in [-0.39, 0.29) is 23.9 Å². The average molecular weight is 504 g/mol. The topological polar surface area (TPSA) is 108 Å². The van der Waals surface area contributed by atoms with Crippen LogP contribution in [0.25, 0.3) is 10.9 Å². The minimum absolute atomic E-state index is 0.122. The monoisotopic (exact) mass is 503 g/mol. The lowest BCUT2D eigenvalue weighted by atomic mass is 10.1. The van der Waals surface area contributed by atoms with Crippen molar-refractivity contribution >= 4 is 49.8 Å². The maximum atomic E-state index is 13.4. The Hall–Kier alpha value is -2.66. The Morgan fingerprint density at radius 3 is 2.76 bits per heavy atom. The van der Waals surface area contributed by atoms with Gasteiger partial charge >= 0.3 is 0 Å². The number of nitrogens with zero attached hydrogens (tertiary/aromatic N) is 3. The number of amides is 1. The van der Waals surface area contributed by atoms with E-state index in [1.807, 2.05) is 25.1 Å². The number of carbonyl (C=O) groups is 1. The van der Waals surface area contributed by atoms with Gasteiger partial charge in [0.2, 0.25) is 15.9 Å². The van der Waals surface area contributed by atoms with Gasteiger partial charge in [-0.15, -0.1) is 0 Å². The number of ether oxygens (including phenoxy) is 1. The van der Waals surface area contributed by atoms with E-state index in [0.29, 0.717) is 35.9 Å². The molecule has 9 nitrogen and oxygen atoms in total. The molecule has 2 aromatic carbocycles. The lowest BCUT2D eigenvalue weighted by Gasteiger charge is -2.29. The van der Waals surface area contributed by atoms with Crippen LogP contribution < -0.4 is 10.2 Å². The highest BCUT2D eigenvalue weighted by atomic mass is 35.5. The molecule has 0 bridgehead atoms. The van der Waals surface area contributed by atoms with Crippen molar-refractivity contribution in [3.63, 3.8) is 0 Å². The molecule has 0 saturated carbocycles. The molecular weight excluding hydrogens is 478 g/mol. The third kappa shape index (κ3) is 4.38. The van der Waals surface area contributed by atoms with Crippen molar-refractivity contribution in [2.24, 2.45) is 5.92 Å². The number of fused-ring (bicyclic) bond motifs is 1. The number of halogens is 1. The SMILES string of the molecule is Cc1cc(S(=O)(=O)N2CC[C@@H](C(=O)Nc3ccc(N4CCOCC4)c(Cl)c3)C2)c2[nH]ncc2c1. The Kier molecular flexibility index (Phi) is 6.24. The number of aryl methyl sites for hydroxylation is 1. The van der Waals surface area contributed by atoms with Gasteiger partial charge in [0.25, 0.3) is 0 Å². The number of benzene rings is 2. The number of morpholine rings is 1. The van der Waals surface area contributed by atoms with Crippen LogP contribution in [-0.4, -0.2) is 68.2 Å². The predicted octanol–water partition coefficient (Wildman–Crippen LogP) is 3.01. The fourth-order valence-electron chi connectivity index (χ4n) is 4.56. The number of aromatic nitrogens is 2. The molecule has 2 aliphatic heterocycles. The zero-order valence-corrected chi connectivity index (χ0v) is 20.3. The van der Waals surface area contributed by atoms with Crippen LogP contribution in [-0.2, 0) is 19.6 Å². The Labute approximate surface area is 203 Å². The van der Waals surface area contributed by atoms with E-state index >= 15 is 0 Å². The molecule has 2 aliphatic rings. The zero-order chi connectivity index (χ0) is 23.9. The van der Waals surface area contributed by atoms with E-state index in [2.05, 4.69) is 20.4 Å². The third-order valence-electron chi connectivity index (χ3n) is 6.36. The third-order valence-corrected chi connectivity index (χ3v) is 8.56. The maximum absolute atomic E-state index is 13.4. The summed E-state index contributed by atoms with van der Waals surface area (Å²) in [7, 11) is -3.78. The molecule has 0 radical (unpaired) electrons. The summed E-state index contributed by atoms with van der Waals surface area (Å²) in [6.45, 7) is 5.10. The summed E-state index contributed by atoms with van der Waals surface area (Å²) in [6.07, 6.45) is 2.06. The van der Waals surface area contributed by atoms with Crippen LogP contribution in [0, 0.1) is 12.8 Å². The summed E-state index contributed by atoms with van der Waals surface area (Å²) in [6, 6.07) is 8.96. The van der Waals surface area contributed by atoms with Gasteiger partial charge in [0, 0.05) is 37.3 Å². The first kappa shape index (κ1) is 23.1. The first-order valence-corrected chi connectivity index (χ1v) is 13.0. The quantitative estimate of drug-likeness (QED) is 0.554. The van der Waals surface area contributed by atoms with Crippen molar-refractivity contribution in [3.05, 3.63) is 47.1 Å². The number of H-pyrrole nitrogens is 1. The highest BCUT2D eigenvalue weighted by Crippen LogP contribution is 2.32. The molecule has 2 fully saturated rings. The summed E-state index contributed by atoms with van der Waals surface area (Å²) in [5, 5.41) is 11.0. The lowest BCUT2D eigenvalue weighted by molar-refractivity contribution is -0.119. The number of rotatable bonds is 5. The first-order chi connectivity index (χ1) is 16.3. The van der Waals surface area contributed by atoms with Gasteiger partial charge in [0.1, 0.15) is 4.90 Å². The molecule has 0 unspecified atom stereocenters.